The van der Waals surface area contributed by atoms with E-state index in [0.717, 1.165) is 17.9 Å². The molecule has 0 fully saturated rings. The molecule has 2 aromatic heterocycles. The van der Waals surface area contributed by atoms with Crippen LogP contribution in [0.3, 0.4) is 0 Å². The number of hydrogen-bond acceptors (Lipinski definition) is 3. The van der Waals surface area contributed by atoms with Gasteiger partial charge < -0.3 is 10.7 Å². The summed E-state index contributed by atoms with van der Waals surface area (Å²) in [6.07, 6.45) is 7.29. The summed E-state index contributed by atoms with van der Waals surface area (Å²) in [5.74, 6) is 0.808. The number of hydrogen-bond donors (Lipinski definition) is 2. The molecule has 2 aromatic rings. The topological polar surface area (TPSA) is 72.5 Å². The Morgan fingerprint density at radius 1 is 1.53 bits per heavy atom. The zero-order valence-corrected chi connectivity index (χ0v) is 10.3. The summed E-state index contributed by atoms with van der Waals surface area (Å²) in [6, 6.07) is 2.34. The van der Waals surface area contributed by atoms with Crippen molar-refractivity contribution in [1.82, 2.24) is 19.7 Å². The highest BCUT2D eigenvalue weighted by Crippen LogP contribution is 2.13. The lowest BCUT2D eigenvalue weighted by Gasteiger charge is -2.09. The molecule has 17 heavy (non-hydrogen) atoms. The molecule has 0 aliphatic carbocycles. The number of aromatic amines is 1. The van der Waals surface area contributed by atoms with Crippen molar-refractivity contribution in [3.63, 3.8) is 0 Å². The summed E-state index contributed by atoms with van der Waals surface area (Å²) < 4.78 is 1.99. The van der Waals surface area contributed by atoms with Crippen LogP contribution in [0, 0.1) is 0 Å². The molecular weight excluding hydrogens is 214 g/mol. The molecule has 0 aromatic carbocycles. The third-order valence-corrected chi connectivity index (χ3v) is 3.01. The fraction of sp³-hybridized carbons (Fsp3) is 0.500. The molecule has 0 aliphatic heterocycles. The predicted molar refractivity (Wildman–Crippen MR) is 66.4 cm³/mol. The monoisotopic (exact) mass is 233 g/mol. The molecule has 3 N–H and O–H groups in total. The minimum Gasteiger partial charge on any atom is -0.347 e. The largest absolute Gasteiger partial charge is 0.347 e. The SMILES string of the molecule is CCC(C)n1ccc(CC(N)c2ncc[nH]2)n1. The van der Waals surface area contributed by atoms with E-state index in [9.17, 15) is 0 Å². The second kappa shape index (κ2) is 5.14. The quantitative estimate of drug-likeness (QED) is 0.827. The summed E-state index contributed by atoms with van der Waals surface area (Å²) in [6.45, 7) is 4.31. The number of nitrogens with two attached hydrogens (primary N) is 1. The lowest BCUT2D eigenvalue weighted by atomic mass is 10.1. The van der Waals surface area contributed by atoms with Crippen molar-refractivity contribution < 1.29 is 0 Å². The van der Waals surface area contributed by atoms with E-state index in [2.05, 4.69) is 28.9 Å². The Balaban J connectivity index is 2.02. The first-order valence-corrected chi connectivity index (χ1v) is 5.99. The maximum absolute atomic E-state index is 6.05. The normalized spacial score (nSPS) is 14.8. The molecule has 2 heterocycles. The lowest BCUT2D eigenvalue weighted by Crippen LogP contribution is -2.15. The lowest BCUT2D eigenvalue weighted by molar-refractivity contribution is 0.471. The Labute approximate surface area is 101 Å². The van der Waals surface area contributed by atoms with Gasteiger partial charge in [-0.1, -0.05) is 6.92 Å². The number of aromatic nitrogens is 4. The maximum Gasteiger partial charge on any atom is 0.123 e. The van der Waals surface area contributed by atoms with Crippen LogP contribution in [0.4, 0.5) is 0 Å². The highest BCUT2D eigenvalue weighted by atomic mass is 15.3. The third-order valence-electron chi connectivity index (χ3n) is 3.01. The number of H-pyrrole nitrogens is 1. The fourth-order valence-electron chi connectivity index (χ4n) is 1.72. The molecule has 0 aliphatic rings. The van der Waals surface area contributed by atoms with Crippen LogP contribution in [0.5, 0.6) is 0 Å². The molecule has 0 saturated heterocycles. The van der Waals surface area contributed by atoms with Gasteiger partial charge in [0, 0.05) is 31.1 Å². The summed E-state index contributed by atoms with van der Waals surface area (Å²) >= 11 is 0. The summed E-state index contributed by atoms with van der Waals surface area (Å²) in [7, 11) is 0. The first-order chi connectivity index (χ1) is 8.20. The molecular formula is C12H19N5. The highest BCUT2D eigenvalue weighted by molar-refractivity contribution is 5.06. The van der Waals surface area contributed by atoms with Gasteiger partial charge in [0.05, 0.1) is 11.7 Å². The van der Waals surface area contributed by atoms with Gasteiger partial charge in [0.15, 0.2) is 0 Å². The standard InChI is InChI=1S/C12H19N5/c1-3-9(2)17-7-4-10(16-17)8-11(13)12-14-5-6-15-12/h4-7,9,11H,3,8,13H2,1-2H3,(H,14,15). The molecule has 0 amide bonds. The Hall–Kier alpha value is -1.62. The number of nitrogens with one attached hydrogen (secondary N) is 1. The van der Waals surface area contributed by atoms with E-state index >= 15 is 0 Å². The van der Waals surface area contributed by atoms with Gasteiger partial charge >= 0.3 is 0 Å². The molecule has 0 spiro atoms. The van der Waals surface area contributed by atoms with Gasteiger partial charge in [-0.2, -0.15) is 5.10 Å². The van der Waals surface area contributed by atoms with Gasteiger partial charge in [-0.05, 0) is 19.4 Å². The molecule has 5 heteroatoms. The van der Waals surface area contributed by atoms with E-state index in [1.54, 1.807) is 12.4 Å². The van der Waals surface area contributed by atoms with Crippen LogP contribution >= 0.6 is 0 Å². The van der Waals surface area contributed by atoms with Gasteiger partial charge in [0.2, 0.25) is 0 Å². The van der Waals surface area contributed by atoms with E-state index < -0.39 is 0 Å². The molecule has 0 saturated carbocycles. The molecule has 0 bridgehead atoms. The number of nitrogens with zero attached hydrogens (tertiary/aromatic N) is 3. The third kappa shape index (κ3) is 2.74. The highest BCUT2D eigenvalue weighted by Gasteiger charge is 2.12. The van der Waals surface area contributed by atoms with Crippen LogP contribution in [-0.4, -0.2) is 19.7 Å². The van der Waals surface area contributed by atoms with E-state index in [1.807, 2.05) is 16.9 Å². The van der Waals surface area contributed by atoms with Crippen molar-refractivity contribution in [1.29, 1.82) is 0 Å². The van der Waals surface area contributed by atoms with Gasteiger partial charge in [-0.15, -0.1) is 0 Å². The molecule has 2 rings (SSSR count). The predicted octanol–water partition coefficient (Wildman–Crippen LogP) is 1.82. The first-order valence-electron chi connectivity index (χ1n) is 5.99. The first kappa shape index (κ1) is 11.9. The average molecular weight is 233 g/mol. The Bertz CT molecular complexity index is 445. The summed E-state index contributed by atoms with van der Waals surface area (Å²) in [4.78, 5) is 7.18. The minimum atomic E-state index is -0.120. The van der Waals surface area contributed by atoms with Crippen LogP contribution in [0.2, 0.25) is 0 Å². The Morgan fingerprint density at radius 2 is 2.35 bits per heavy atom. The van der Waals surface area contributed by atoms with Gasteiger partial charge in [-0.25, -0.2) is 4.98 Å². The molecule has 5 nitrogen and oxygen atoms in total. The van der Waals surface area contributed by atoms with Crippen LogP contribution in [0.25, 0.3) is 0 Å². The maximum atomic E-state index is 6.05. The van der Waals surface area contributed by atoms with Crippen molar-refractivity contribution in [2.24, 2.45) is 5.73 Å². The van der Waals surface area contributed by atoms with E-state index in [0.29, 0.717) is 12.5 Å². The van der Waals surface area contributed by atoms with Crippen molar-refractivity contribution in [2.75, 3.05) is 0 Å². The van der Waals surface area contributed by atoms with Crippen LogP contribution < -0.4 is 5.73 Å². The fourth-order valence-corrected chi connectivity index (χ4v) is 1.72. The van der Waals surface area contributed by atoms with E-state index in [4.69, 9.17) is 5.73 Å². The zero-order valence-electron chi connectivity index (χ0n) is 10.3. The van der Waals surface area contributed by atoms with Crippen LogP contribution in [0.1, 0.15) is 43.9 Å². The second-order valence-corrected chi connectivity index (χ2v) is 4.33. The minimum absolute atomic E-state index is 0.120. The molecule has 0 radical (unpaired) electrons. The van der Waals surface area contributed by atoms with Crippen LogP contribution in [-0.2, 0) is 6.42 Å². The van der Waals surface area contributed by atoms with Crippen molar-refractivity contribution in [3.05, 3.63) is 36.2 Å². The summed E-state index contributed by atoms with van der Waals surface area (Å²) in [5, 5.41) is 4.53. The van der Waals surface area contributed by atoms with Gasteiger partial charge in [-0.3, -0.25) is 4.68 Å². The number of rotatable bonds is 5. The van der Waals surface area contributed by atoms with Gasteiger partial charge in [0.25, 0.3) is 0 Å². The van der Waals surface area contributed by atoms with Crippen molar-refractivity contribution >= 4 is 0 Å². The van der Waals surface area contributed by atoms with Crippen molar-refractivity contribution in [3.8, 4) is 0 Å². The molecule has 2 atom stereocenters. The Kier molecular flexibility index (Phi) is 3.58. The molecule has 92 valence electrons. The number of imidazole rings is 1. The average Bonchev–Trinajstić information content (AvgIpc) is 2.98. The Morgan fingerprint density at radius 3 is 3.00 bits per heavy atom. The summed E-state index contributed by atoms with van der Waals surface area (Å²) in [5.41, 5.74) is 7.05. The second-order valence-electron chi connectivity index (χ2n) is 4.33. The van der Waals surface area contributed by atoms with E-state index in [1.165, 1.54) is 0 Å². The van der Waals surface area contributed by atoms with Crippen LogP contribution in [0.15, 0.2) is 24.7 Å². The van der Waals surface area contributed by atoms with Crippen molar-refractivity contribution in [2.45, 2.75) is 38.8 Å². The zero-order chi connectivity index (χ0) is 12.3. The molecule has 2 unspecified atom stereocenters. The van der Waals surface area contributed by atoms with E-state index in [-0.39, 0.29) is 6.04 Å². The van der Waals surface area contributed by atoms with Gasteiger partial charge in [0.1, 0.15) is 5.82 Å². The smallest absolute Gasteiger partial charge is 0.123 e.